The van der Waals surface area contributed by atoms with Crippen molar-refractivity contribution in [2.75, 3.05) is 10.0 Å². The summed E-state index contributed by atoms with van der Waals surface area (Å²) in [6.45, 7) is 2.01. The van der Waals surface area contributed by atoms with Gasteiger partial charge in [0.05, 0.1) is 0 Å². The second kappa shape index (κ2) is 7.07. The van der Waals surface area contributed by atoms with E-state index in [1.807, 2.05) is 55.5 Å². The third kappa shape index (κ3) is 3.96. The SMILES string of the molecule is CCc1ccc(S(=O)(=O)Nc2ccc(Nc3ccccc3)cc2)s1. The van der Waals surface area contributed by atoms with Gasteiger partial charge in [0.25, 0.3) is 10.0 Å². The summed E-state index contributed by atoms with van der Waals surface area (Å²) in [5.41, 5.74) is 2.42. The quantitative estimate of drug-likeness (QED) is 0.662. The maximum atomic E-state index is 12.4. The molecule has 4 nitrogen and oxygen atoms in total. The van der Waals surface area contributed by atoms with Crippen LogP contribution in [0.5, 0.6) is 0 Å². The molecule has 0 aliphatic carbocycles. The summed E-state index contributed by atoms with van der Waals surface area (Å²) in [6.07, 6.45) is 0.833. The number of hydrogen-bond donors (Lipinski definition) is 2. The van der Waals surface area contributed by atoms with Gasteiger partial charge in [-0.2, -0.15) is 0 Å². The van der Waals surface area contributed by atoms with Crippen molar-refractivity contribution in [2.24, 2.45) is 0 Å². The van der Waals surface area contributed by atoms with Crippen LogP contribution in [0.25, 0.3) is 0 Å². The Morgan fingerprint density at radius 2 is 1.46 bits per heavy atom. The van der Waals surface area contributed by atoms with Gasteiger partial charge in [0, 0.05) is 21.9 Å². The fourth-order valence-corrected chi connectivity index (χ4v) is 4.56. The van der Waals surface area contributed by atoms with Crippen molar-refractivity contribution in [3.05, 3.63) is 71.6 Å². The molecule has 3 rings (SSSR count). The van der Waals surface area contributed by atoms with E-state index >= 15 is 0 Å². The normalized spacial score (nSPS) is 11.2. The second-order valence-electron chi connectivity index (χ2n) is 5.25. The molecule has 0 aliphatic heterocycles. The topological polar surface area (TPSA) is 58.2 Å². The number of para-hydroxylation sites is 1. The minimum Gasteiger partial charge on any atom is -0.356 e. The molecule has 0 radical (unpaired) electrons. The van der Waals surface area contributed by atoms with Crippen molar-refractivity contribution in [3.63, 3.8) is 0 Å². The predicted molar refractivity (Wildman–Crippen MR) is 101 cm³/mol. The molecule has 6 heteroatoms. The lowest BCUT2D eigenvalue weighted by atomic mass is 10.2. The molecule has 124 valence electrons. The zero-order valence-corrected chi connectivity index (χ0v) is 14.8. The first-order valence-corrected chi connectivity index (χ1v) is 9.90. The van der Waals surface area contributed by atoms with E-state index in [9.17, 15) is 8.42 Å². The minimum atomic E-state index is -3.53. The Labute approximate surface area is 146 Å². The van der Waals surface area contributed by atoms with Crippen LogP contribution in [0.3, 0.4) is 0 Å². The number of rotatable bonds is 6. The van der Waals surface area contributed by atoms with Crippen LogP contribution in [0.4, 0.5) is 17.1 Å². The molecule has 2 N–H and O–H groups in total. The van der Waals surface area contributed by atoms with E-state index in [1.165, 1.54) is 11.3 Å². The molecule has 0 bridgehead atoms. The van der Waals surface area contributed by atoms with Crippen molar-refractivity contribution >= 4 is 38.4 Å². The van der Waals surface area contributed by atoms with Crippen LogP contribution in [-0.2, 0) is 16.4 Å². The van der Waals surface area contributed by atoms with Crippen LogP contribution in [0.1, 0.15) is 11.8 Å². The Bertz CT molecular complexity index is 902. The standard InChI is InChI=1S/C18H18N2O2S2/c1-2-17-12-13-18(23-17)24(21,22)20-16-10-8-15(9-11-16)19-14-6-4-3-5-7-14/h3-13,19-20H,2H2,1H3. The molecule has 1 aromatic heterocycles. The van der Waals surface area contributed by atoms with E-state index in [2.05, 4.69) is 10.0 Å². The molecule has 0 unspecified atom stereocenters. The zero-order valence-electron chi connectivity index (χ0n) is 13.2. The average molecular weight is 358 g/mol. The first-order valence-electron chi connectivity index (χ1n) is 7.60. The Morgan fingerprint density at radius 1 is 0.833 bits per heavy atom. The molecule has 0 fully saturated rings. The zero-order chi connectivity index (χ0) is 17.0. The van der Waals surface area contributed by atoms with Gasteiger partial charge in [-0.15, -0.1) is 11.3 Å². The highest BCUT2D eigenvalue weighted by molar-refractivity contribution is 7.94. The first-order chi connectivity index (χ1) is 11.6. The molecule has 0 aliphatic rings. The van der Waals surface area contributed by atoms with Crippen LogP contribution in [0, 0.1) is 0 Å². The molecule has 24 heavy (non-hydrogen) atoms. The van der Waals surface area contributed by atoms with Crippen molar-refractivity contribution in [1.82, 2.24) is 0 Å². The molecule has 0 spiro atoms. The molecular formula is C18H18N2O2S2. The van der Waals surface area contributed by atoms with Gasteiger partial charge in [-0.05, 0) is 55.0 Å². The second-order valence-corrected chi connectivity index (χ2v) is 8.33. The van der Waals surface area contributed by atoms with Crippen molar-refractivity contribution < 1.29 is 8.42 Å². The molecule has 0 atom stereocenters. The molecule has 0 saturated carbocycles. The van der Waals surface area contributed by atoms with E-state index in [0.717, 1.165) is 22.7 Å². The minimum absolute atomic E-state index is 0.339. The molecule has 3 aromatic rings. The van der Waals surface area contributed by atoms with E-state index in [4.69, 9.17) is 0 Å². The summed E-state index contributed by atoms with van der Waals surface area (Å²) in [6, 6.07) is 20.5. The van der Waals surface area contributed by atoms with E-state index in [-0.39, 0.29) is 0 Å². The Morgan fingerprint density at radius 3 is 2.08 bits per heavy atom. The van der Waals surface area contributed by atoms with Gasteiger partial charge in [-0.1, -0.05) is 25.1 Å². The maximum Gasteiger partial charge on any atom is 0.271 e. The lowest BCUT2D eigenvalue weighted by molar-refractivity contribution is 0.603. The third-order valence-electron chi connectivity index (χ3n) is 3.45. The molecule has 0 amide bonds. The Balaban J connectivity index is 1.71. The highest BCUT2D eigenvalue weighted by Gasteiger charge is 2.16. The van der Waals surface area contributed by atoms with E-state index in [0.29, 0.717) is 9.90 Å². The van der Waals surface area contributed by atoms with Crippen molar-refractivity contribution in [1.29, 1.82) is 0 Å². The van der Waals surface area contributed by atoms with E-state index in [1.54, 1.807) is 18.2 Å². The highest BCUT2D eigenvalue weighted by atomic mass is 32.2. The average Bonchev–Trinajstić information content (AvgIpc) is 3.08. The van der Waals surface area contributed by atoms with Crippen molar-refractivity contribution in [3.8, 4) is 0 Å². The number of sulfonamides is 1. The molecular weight excluding hydrogens is 340 g/mol. The molecule has 2 aromatic carbocycles. The summed E-state index contributed by atoms with van der Waals surface area (Å²) in [5, 5.41) is 3.26. The van der Waals surface area contributed by atoms with Crippen LogP contribution in [0.2, 0.25) is 0 Å². The molecule has 0 saturated heterocycles. The summed E-state index contributed by atoms with van der Waals surface area (Å²) in [5.74, 6) is 0. The number of benzene rings is 2. The van der Waals surface area contributed by atoms with Gasteiger partial charge >= 0.3 is 0 Å². The predicted octanol–water partition coefficient (Wildman–Crippen LogP) is 4.85. The lowest BCUT2D eigenvalue weighted by Crippen LogP contribution is -2.11. The van der Waals surface area contributed by atoms with Gasteiger partial charge in [-0.3, -0.25) is 4.72 Å². The summed E-state index contributed by atoms with van der Waals surface area (Å²) < 4.78 is 27.7. The number of aryl methyl sites for hydroxylation is 1. The number of hydrogen-bond acceptors (Lipinski definition) is 4. The fourth-order valence-electron chi connectivity index (χ4n) is 2.21. The highest BCUT2D eigenvalue weighted by Crippen LogP contribution is 2.25. The van der Waals surface area contributed by atoms with Gasteiger partial charge in [0.2, 0.25) is 0 Å². The van der Waals surface area contributed by atoms with Crippen LogP contribution >= 0.6 is 11.3 Å². The van der Waals surface area contributed by atoms with Gasteiger partial charge < -0.3 is 5.32 Å². The van der Waals surface area contributed by atoms with Gasteiger partial charge in [0.15, 0.2) is 0 Å². The van der Waals surface area contributed by atoms with Gasteiger partial charge in [0.1, 0.15) is 4.21 Å². The van der Waals surface area contributed by atoms with E-state index < -0.39 is 10.0 Å². The monoisotopic (exact) mass is 358 g/mol. The first kappa shape index (κ1) is 16.5. The third-order valence-corrected chi connectivity index (χ3v) is 6.55. The summed E-state index contributed by atoms with van der Waals surface area (Å²) in [7, 11) is -3.53. The van der Waals surface area contributed by atoms with Crippen LogP contribution in [0.15, 0.2) is 70.9 Å². The maximum absolute atomic E-state index is 12.4. The lowest BCUT2D eigenvalue weighted by Gasteiger charge is -2.09. The fraction of sp³-hybridized carbons (Fsp3) is 0.111. The molecule has 1 heterocycles. The number of anilines is 3. The Hall–Kier alpha value is -2.31. The smallest absolute Gasteiger partial charge is 0.271 e. The summed E-state index contributed by atoms with van der Waals surface area (Å²) in [4.78, 5) is 1.05. The largest absolute Gasteiger partial charge is 0.356 e. The number of thiophene rings is 1. The summed E-state index contributed by atoms with van der Waals surface area (Å²) >= 11 is 1.30. The van der Waals surface area contributed by atoms with Crippen LogP contribution in [-0.4, -0.2) is 8.42 Å². The van der Waals surface area contributed by atoms with Gasteiger partial charge in [-0.25, -0.2) is 8.42 Å². The number of nitrogens with one attached hydrogen (secondary N) is 2. The Kier molecular flexibility index (Phi) is 4.87. The van der Waals surface area contributed by atoms with Crippen LogP contribution < -0.4 is 10.0 Å². The van der Waals surface area contributed by atoms with Crippen molar-refractivity contribution in [2.45, 2.75) is 17.6 Å².